The van der Waals surface area contributed by atoms with Crippen LogP contribution in [0.5, 0.6) is 0 Å². The van der Waals surface area contributed by atoms with Gasteiger partial charge in [-0.3, -0.25) is 4.40 Å². The van der Waals surface area contributed by atoms with Gasteiger partial charge in [-0.1, -0.05) is 0 Å². The van der Waals surface area contributed by atoms with E-state index in [0.717, 1.165) is 8.81 Å². The largest absolute Gasteiger partial charge is 0.295 e. The third kappa shape index (κ3) is 1.21. The fourth-order valence-electron chi connectivity index (χ4n) is 0.889. The standard InChI is InChI=1S/C6H5BrN2S2/c1-10-5-6-9(3-8-5)2-4(7)11-6/h2-3H,1H3. The zero-order valence-electron chi connectivity index (χ0n) is 5.74. The summed E-state index contributed by atoms with van der Waals surface area (Å²) in [6, 6.07) is 0. The maximum absolute atomic E-state index is 4.23. The monoisotopic (exact) mass is 248 g/mol. The molecule has 0 spiro atoms. The number of aromatic nitrogens is 2. The van der Waals surface area contributed by atoms with Crippen molar-refractivity contribution in [2.75, 3.05) is 6.26 Å². The molecule has 0 aromatic carbocycles. The van der Waals surface area contributed by atoms with Crippen LogP contribution in [0.25, 0.3) is 4.83 Å². The first-order valence-electron chi connectivity index (χ1n) is 2.97. The molecule has 0 radical (unpaired) electrons. The Morgan fingerprint density at radius 1 is 1.73 bits per heavy atom. The first-order chi connectivity index (χ1) is 5.31. The third-order valence-electron chi connectivity index (χ3n) is 1.34. The summed E-state index contributed by atoms with van der Waals surface area (Å²) in [4.78, 5) is 5.44. The lowest BCUT2D eigenvalue weighted by Gasteiger charge is -1.83. The predicted molar refractivity (Wildman–Crippen MR) is 52.6 cm³/mol. The molecule has 0 unspecified atom stereocenters. The summed E-state index contributed by atoms with van der Waals surface area (Å²) < 4.78 is 3.17. The first-order valence-corrected chi connectivity index (χ1v) is 5.80. The van der Waals surface area contributed by atoms with E-state index in [1.807, 2.05) is 23.2 Å². The molecule has 2 aromatic rings. The number of rotatable bonds is 1. The van der Waals surface area contributed by atoms with E-state index < -0.39 is 0 Å². The van der Waals surface area contributed by atoms with E-state index in [0.29, 0.717) is 0 Å². The summed E-state index contributed by atoms with van der Waals surface area (Å²) >= 11 is 6.81. The zero-order chi connectivity index (χ0) is 7.84. The topological polar surface area (TPSA) is 17.3 Å². The number of imidazole rings is 1. The molecule has 0 atom stereocenters. The van der Waals surface area contributed by atoms with Crippen LogP contribution < -0.4 is 0 Å². The number of halogens is 1. The van der Waals surface area contributed by atoms with Crippen molar-refractivity contribution in [1.82, 2.24) is 9.38 Å². The lowest BCUT2D eigenvalue weighted by atomic mass is 10.9. The van der Waals surface area contributed by atoms with Crippen molar-refractivity contribution in [3.63, 3.8) is 0 Å². The predicted octanol–water partition coefficient (Wildman–Crippen LogP) is 2.88. The molecule has 2 nitrogen and oxygen atoms in total. The van der Waals surface area contributed by atoms with E-state index >= 15 is 0 Å². The van der Waals surface area contributed by atoms with Gasteiger partial charge in [0.1, 0.15) is 16.2 Å². The Hall–Kier alpha value is -0.0000000000000000833. The average molecular weight is 249 g/mol. The first kappa shape index (κ1) is 7.64. The van der Waals surface area contributed by atoms with Crippen molar-refractivity contribution in [1.29, 1.82) is 0 Å². The summed E-state index contributed by atoms with van der Waals surface area (Å²) in [6.07, 6.45) is 5.89. The highest BCUT2D eigenvalue weighted by atomic mass is 79.9. The fraction of sp³-hybridized carbons (Fsp3) is 0.167. The van der Waals surface area contributed by atoms with Crippen LogP contribution in [0.2, 0.25) is 0 Å². The molecule has 5 heteroatoms. The van der Waals surface area contributed by atoms with E-state index in [-0.39, 0.29) is 0 Å². The summed E-state index contributed by atoms with van der Waals surface area (Å²) in [6.45, 7) is 0. The number of hydrogen-bond donors (Lipinski definition) is 0. The van der Waals surface area contributed by atoms with E-state index in [2.05, 4.69) is 20.9 Å². The van der Waals surface area contributed by atoms with Gasteiger partial charge in [-0.25, -0.2) is 4.98 Å². The SMILES string of the molecule is CSc1ncn2cc(Br)sc12. The number of hydrogen-bond acceptors (Lipinski definition) is 3. The molecule has 0 saturated heterocycles. The summed E-state index contributed by atoms with van der Waals surface area (Å²) in [7, 11) is 0. The minimum atomic E-state index is 1.10. The second-order valence-electron chi connectivity index (χ2n) is 2.00. The van der Waals surface area contributed by atoms with E-state index in [1.165, 1.54) is 4.83 Å². The highest BCUT2D eigenvalue weighted by Gasteiger charge is 2.05. The van der Waals surface area contributed by atoms with Gasteiger partial charge >= 0.3 is 0 Å². The second-order valence-corrected chi connectivity index (χ2v) is 5.21. The maximum atomic E-state index is 4.23. The van der Waals surface area contributed by atoms with Gasteiger partial charge in [0.2, 0.25) is 0 Å². The Bertz CT molecular complexity index is 379. The molecule has 11 heavy (non-hydrogen) atoms. The fourth-order valence-corrected chi connectivity index (χ4v) is 3.07. The van der Waals surface area contributed by atoms with Crippen LogP contribution in [-0.2, 0) is 0 Å². The number of thiazole rings is 1. The van der Waals surface area contributed by atoms with Crippen molar-refractivity contribution in [2.24, 2.45) is 0 Å². The molecular weight excluding hydrogens is 244 g/mol. The van der Waals surface area contributed by atoms with Crippen molar-refractivity contribution in [2.45, 2.75) is 5.03 Å². The van der Waals surface area contributed by atoms with Crippen molar-refractivity contribution < 1.29 is 0 Å². The molecule has 0 aliphatic rings. The van der Waals surface area contributed by atoms with Crippen molar-refractivity contribution >= 4 is 43.9 Å². The lowest BCUT2D eigenvalue weighted by molar-refractivity contribution is 1.15. The molecule has 58 valence electrons. The molecule has 2 aromatic heterocycles. The maximum Gasteiger partial charge on any atom is 0.134 e. The Morgan fingerprint density at radius 2 is 2.55 bits per heavy atom. The summed E-state index contributed by atoms with van der Waals surface area (Å²) in [5.74, 6) is 0. The quantitative estimate of drug-likeness (QED) is 0.723. The van der Waals surface area contributed by atoms with Crippen LogP contribution in [0.15, 0.2) is 21.3 Å². The summed E-state index contributed by atoms with van der Waals surface area (Å²) in [5.41, 5.74) is 0. The van der Waals surface area contributed by atoms with E-state index in [9.17, 15) is 0 Å². The van der Waals surface area contributed by atoms with E-state index in [4.69, 9.17) is 0 Å². The van der Waals surface area contributed by atoms with Crippen LogP contribution in [0, 0.1) is 0 Å². The lowest BCUT2D eigenvalue weighted by Crippen LogP contribution is -1.67. The Kier molecular flexibility index (Phi) is 1.95. The number of nitrogens with zero attached hydrogens (tertiary/aromatic N) is 2. The second kappa shape index (κ2) is 2.80. The van der Waals surface area contributed by atoms with Gasteiger partial charge in [0.15, 0.2) is 0 Å². The normalized spacial score (nSPS) is 11.1. The molecule has 2 rings (SSSR count). The molecule has 0 saturated carbocycles. The Labute approximate surface area is 80.8 Å². The molecule has 0 aliphatic carbocycles. The van der Waals surface area contributed by atoms with Crippen LogP contribution in [0.1, 0.15) is 0 Å². The van der Waals surface area contributed by atoms with Crippen LogP contribution >= 0.6 is 39.0 Å². The third-order valence-corrected chi connectivity index (χ3v) is 3.75. The van der Waals surface area contributed by atoms with E-state index in [1.54, 1.807) is 23.1 Å². The zero-order valence-corrected chi connectivity index (χ0v) is 8.96. The smallest absolute Gasteiger partial charge is 0.134 e. The molecule has 0 bridgehead atoms. The Balaban J connectivity index is 2.73. The van der Waals surface area contributed by atoms with Gasteiger partial charge in [-0.2, -0.15) is 0 Å². The Morgan fingerprint density at radius 3 is 3.27 bits per heavy atom. The van der Waals surface area contributed by atoms with Gasteiger partial charge < -0.3 is 0 Å². The minimum absolute atomic E-state index is 1.10. The van der Waals surface area contributed by atoms with Gasteiger partial charge in [0.25, 0.3) is 0 Å². The van der Waals surface area contributed by atoms with Gasteiger partial charge in [-0.05, 0) is 22.2 Å². The molecule has 0 fully saturated rings. The number of thioether (sulfide) groups is 1. The van der Waals surface area contributed by atoms with Gasteiger partial charge in [-0.15, -0.1) is 23.1 Å². The molecule has 0 amide bonds. The van der Waals surface area contributed by atoms with Gasteiger partial charge in [0.05, 0.1) is 3.79 Å². The average Bonchev–Trinajstić information content (AvgIpc) is 2.45. The minimum Gasteiger partial charge on any atom is -0.295 e. The summed E-state index contributed by atoms with van der Waals surface area (Å²) in [5, 5.41) is 1.10. The van der Waals surface area contributed by atoms with Crippen LogP contribution in [0.3, 0.4) is 0 Å². The van der Waals surface area contributed by atoms with Crippen molar-refractivity contribution in [3.05, 3.63) is 16.3 Å². The van der Waals surface area contributed by atoms with Crippen molar-refractivity contribution in [3.8, 4) is 0 Å². The highest BCUT2D eigenvalue weighted by Crippen LogP contribution is 2.29. The molecule has 0 N–H and O–H groups in total. The molecular formula is C6H5BrN2S2. The molecule has 0 aliphatic heterocycles. The van der Waals surface area contributed by atoms with Gasteiger partial charge in [0, 0.05) is 6.20 Å². The van der Waals surface area contributed by atoms with Crippen LogP contribution in [0.4, 0.5) is 0 Å². The molecule has 2 heterocycles. The number of fused-ring (bicyclic) bond motifs is 1. The highest BCUT2D eigenvalue weighted by molar-refractivity contribution is 9.11. The van der Waals surface area contributed by atoms with Crippen LogP contribution in [-0.4, -0.2) is 15.6 Å².